The van der Waals surface area contributed by atoms with Crippen LogP contribution in [0.2, 0.25) is 0 Å². The smallest absolute Gasteiger partial charge is 0.375 e. The molecule has 102 valence electrons. The van der Waals surface area contributed by atoms with Crippen LogP contribution in [0, 0.1) is 0 Å². The Balaban J connectivity index is 2.84. The molecule has 0 aromatic heterocycles. The van der Waals surface area contributed by atoms with Crippen LogP contribution in [0.4, 0.5) is 17.1 Å². The molecule has 1 saturated heterocycles. The highest BCUT2D eigenvalue weighted by Gasteiger charge is 2.58. The molecule has 1 heterocycles. The highest BCUT2D eigenvalue weighted by Crippen LogP contribution is 2.39. The van der Waals surface area contributed by atoms with E-state index in [1.165, 1.54) is 6.92 Å². The first kappa shape index (κ1) is 14.7. The van der Waals surface area contributed by atoms with Gasteiger partial charge in [0.1, 0.15) is 5.75 Å². The molecule has 0 aliphatic carbocycles. The van der Waals surface area contributed by atoms with E-state index in [1.54, 1.807) is 0 Å². The van der Waals surface area contributed by atoms with Crippen molar-refractivity contribution in [3.8, 4) is 0 Å². The Morgan fingerprint density at radius 3 is 2.41 bits per heavy atom. The summed E-state index contributed by atoms with van der Waals surface area (Å²) in [6.07, 6.45) is -6.57. The zero-order valence-corrected chi connectivity index (χ0v) is 9.78. The monoisotopic (exact) mass is 280 g/mol. The maximum absolute atomic E-state index is 12.8. The van der Waals surface area contributed by atoms with Crippen LogP contribution in [0.1, 0.15) is 13.3 Å². The van der Waals surface area contributed by atoms with Crippen LogP contribution >= 0.6 is 0 Å². The molecule has 0 bridgehead atoms. The lowest BCUT2D eigenvalue weighted by Gasteiger charge is -2.41. The molecule has 2 atom stereocenters. The van der Waals surface area contributed by atoms with Crippen LogP contribution in [0.3, 0.4) is 0 Å². The quantitative estimate of drug-likeness (QED) is 0.579. The molecule has 0 radical (unpaired) electrons. The molecule has 2 unspecified atom stereocenters. The lowest BCUT2D eigenvalue weighted by atomic mass is 9.99. The fourth-order valence-electron chi connectivity index (χ4n) is 1.58. The van der Waals surface area contributed by atoms with E-state index in [-0.39, 0.29) is 6.61 Å². The highest BCUT2D eigenvalue weighted by molar-refractivity contribution is 7.86. The molecule has 1 rings (SSSR count). The molecule has 0 amide bonds. The summed E-state index contributed by atoms with van der Waals surface area (Å²) in [6, 6.07) is 0. The molecule has 9 heteroatoms. The van der Waals surface area contributed by atoms with E-state index in [2.05, 4.69) is 4.74 Å². The van der Waals surface area contributed by atoms with Gasteiger partial charge in [-0.1, -0.05) is 6.92 Å². The topological polar surface area (TPSA) is 52.6 Å². The van der Waals surface area contributed by atoms with E-state index in [9.17, 15) is 25.5 Å². The molecule has 0 saturated carbocycles. The second-order valence-corrected chi connectivity index (χ2v) is 5.22. The van der Waals surface area contributed by atoms with Gasteiger partial charge in [0.2, 0.25) is 0 Å². The van der Waals surface area contributed by atoms with Gasteiger partial charge in [0, 0.05) is 0 Å². The number of hydrogen-bond donors (Lipinski definition) is 0. The van der Waals surface area contributed by atoms with Gasteiger partial charge in [-0.05, 0) is 6.42 Å². The largest absolute Gasteiger partial charge is 0.419 e. The second-order valence-electron chi connectivity index (χ2n) is 3.81. The summed E-state index contributed by atoms with van der Waals surface area (Å²) in [7, 11) is -4.90. The van der Waals surface area contributed by atoms with Gasteiger partial charge in [-0.3, -0.25) is 0 Å². The van der Waals surface area contributed by atoms with Crippen LogP contribution < -0.4 is 0 Å². The third-order valence-electron chi connectivity index (χ3n) is 2.50. The van der Waals surface area contributed by atoms with Crippen LogP contribution in [0.25, 0.3) is 0 Å². The van der Waals surface area contributed by atoms with Crippen molar-refractivity contribution in [3.63, 3.8) is 0 Å². The van der Waals surface area contributed by atoms with Gasteiger partial charge in [-0.2, -0.15) is 21.6 Å². The Morgan fingerprint density at radius 1 is 1.41 bits per heavy atom. The SMILES string of the molecule is CCC1(C(F)(F)F)COCC(CS(=O)(=O)F)O1. The molecule has 1 aliphatic heterocycles. The van der Waals surface area contributed by atoms with Gasteiger partial charge < -0.3 is 9.47 Å². The van der Waals surface area contributed by atoms with Crippen molar-refractivity contribution in [3.05, 3.63) is 0 Å². The predicted octanol–water partition coefficient (Wildman–Crippen LogP) is 1.41. The van der Waals surface area contributed by atoms with Crippen molar-refractivity contribution >= 4 is 10.2 Å². The number of alkyl halides is 3. The molecule has 1 aliphatic rings. The van der Waals surface area contributed by atoms with Crippen molar-refractivity contribution < 1.29 is 34.9 Å². The standard InChI is InChI=1S/C8H12F4O4S/c1-2-7(8(9,10)11)5-15-3-6(16-7)4-17(12,13)14/h6H,2-5H2,1H3. The highest BCUT2D eigenvalue weighted by atomic mass is 32.3. The van der Waals surface area contributed by atoms with Crippen molar-refractivity contribution in [2.75, 3.05) is 19.0 Å². The van der Waals surface area contributed by atoms with Crippen molar-refractivity contribution in [1.29, 1.82) is 0 Å². The average Bonchev–Trinajstić information content (AvgIpc) is 2.13. The Morgan fingerprint density at radius 2 is 2.00 bits per heavy atom. The molecular formula is C8H12F4O4S. The first-order valence-electron chi connectivity index (χ1n) is 4.84. The number of rotatable bonds is 3. The van der Waals surface area contributed by atoms with Gasteiger partial charge in [0.15, 0.2) is 5.60 Å². The fraction of sp³-hybridized carbons (Fsp3) is 1.00. The molecule has 0 spiro atoms. The predicted molar refractivity (Wildman–Crippen MR) is 49.7 cm³/mol. The minimum Gasteiger partial charge on any atom is -0.375 e. The lowest BCUT2D eigenvalue weighted by molar-refractivity contribution is -0.328. The van der Waals surface area contributed by atoms with Gasteiger partial charge >= 0.3 is 16.4 Å². The average molecular weight is 280 g/mol. The van der Waals surface area contributed by atoms with E-state index in [0.717, 1.165) is 0 Å². The molecule has 0 N–H and O–H groups in total. The number of halogens is 4. The Bertz CT molecular complexity index is 366. The fourth-order valence-corrected chi connectivity index (χ4v) is 2.19. The van der Waals surface area contributed by atoms with Crippen molar-refractivity contribution in [1.82, 2.24) is 0 Å². The van der Waals surface area contributed by atoms with Gasteiger partial charge in [0.05, 0.1) is 19.3 Å². The van der Waals surface area contributed by atoms with E-state index in [1.807, 2.05) is 0 Å². The molecular weight excluding hydrogens is 268 g/mol. The zero-order valence-electron chi connectivity index (χ0n) is 8.96. The Hall–Kier alpha value is -0.410. The third-order valence-corrected chi connectivity index (χ3v) is 3.27. The number of hydrogen-bond acceptors (Lipinski definition) is 4. The summed E-state index contributed by atoms with van der Waals surface area (Å²) in [4.78, 5) is 0. The van der Waals surface area contributed by atoms with E-state index in [0.29, 0.717) is 0 Å². The maximum Gasteiger partial charge on any atom is 0.419 e. The summed E-state index contributed by atoms with van der Waals surface area (Å²) in [5.74, 6) is -1.13. The minimum absolute atomic E-state index is 0.374. The van der Waals surface area contributed by atoms with Crippen molar-refractivity contribution in [2.24, 2.45) is 0 Å². The van der Waals surface area contributed by atoms with Gasteiger partial charge in [0.25, 0.3) is 0 Å². The first-order chi connectivity index (χ1) is 7.60. The van der Waals surface area contributed by atoms with Crippen LogP contribution in [-0.2, 0) is 19.7 Å². The summed E-state index contributed by atoms with van der Waals surface area (Å²) < 4.78 is 80.8. The Labute approximate surface area is 96.1 Å². The maximum atomic E-state index is 12.8. The second kappa shape index (κ2) is 4.69. The molecule has 0 aromatic carbocycles. The summed E-state index contributed by atoms with van der Waals surface area (Å²) >= 11 is 0. The van der Waals surface area contributed by atoms with Crippen LogP contribution in [-0.4, -0.2) is 45.3 Å². The molecule has 0 aromatic rings. The summed E-state index contributed by atoms with van der Waals surface area (Å²) in [5.41, 5.74) is -2.55. The minimum atomic E-state index is -4.90. The molecule has 4 nitrogen and oxygen atoms in total. The molecule has 17 heavy (non-hydrogen) atoms. The summed E-state index contributed by atoms with van der Waals surface area (Å²) in [5, 5.41) is 0. The van der Waals surface area contributed by atoms with Gasteiger partial charge in [-0.15, -0.1) is 3.89 Å². The molecule has 1 fully saturated rings. The normalized spacial score (nSPS) is 31.5. The van der Waals surface area contributed by atoms with Gasteiger partial charge in [-0.25, -0.2) is 0 Å². The Kier molecular flexibility index (Phi) is 4.04. The first-order valence-corrected chi connectivity index (χ1v) is 6.39. The third kappa shape index (κ3) is 3.52. The zero-order chi connectivity index (χ0) is 13.3. The lowest BCUT2D eigenvalue weighted by Crippen LogP contribution is -2.57. The van der Waals surface area contributed by atoms with E-state index < -0.39 is 46.9 Å². The van der Waals surface area contributed by atoms with Crippen LogP contribution in [0.5, 0.6) is 0 Å². The van der Waals surface area contributed by atoms with Crippen molar-refractivity contribution in [2.45, 2.75) is 31.2 Å². The van der Waals surface area contributed by atoms with E-state index in [4.69, 9.17) is 4.74 Å². The number of ether oxygens (including phenoxy) is 2. The van der Waals surface area contributed by atoms with Crippen LogP contribution in [0.15, 0.2) is 0 Å². The van der Waals surface area contributed by atoms with E-state index >= 15 is 0 Å². The summed E-state index contributed by atoms with van der Waals surface area (Å²) in [6.45, 7) is 0.153.